The first-order valence-corrected chi connectivity index (χ1v) is 9.75. The molecular weight excluding hydrogens is 430 g/mol. The van der Waals surface area contributed by atoms with Crippen LogP contribution in [0.2, 0.25) is 0 Å². The monoisotopic (exact) mass is 449 g/mol. The van der Waals surface area contributed by atoms with Crippen LogP contribution >= 0.6 is 0 Å². The van der Waals surface area contributed by atoms with E-state index in [1.54, 1.807) is 13.8 Å². The molecule has 1 fully saturated rings. The van der Waals surface area contributed by atoms with Crippen LogP contribution in [0.15, 0.2) is 34.3 Å². The molecule has 2 aliphatic heterocycles. The second-order valence-electron chi connectivity index (χ2n) is 7.25. The second kappa shape index (κ2) is 8.13. The Balaban J connectivity index is 1.80. The normalized spacial score (nSPS) is 19.2. The first-order chi connectivity index (χ1) is 15.2. The van der Waals surface area contributed by atoms with Crippen molar-refractivity contribution in [1.29, 1.82) is 0 Å². The van der Waals surface area contributed by atoms with Crippen molar-refractivity contribution in [3.63, 3.8) is 0 Å². The number of ether oxygens (including phenoxy) is 1. The summed E-state index contributed by atoms with van der Waals surface area (Å²) >= 11 is 0. The summed E-state index contributed by atoms with van der Waals surface area (Å²) in [4.78, 5) is 23.9. The van der Waals surface area contributed by atoms with Gasteiger partial charge in [0.2, 0.25) is 11.9 Å². The number of amides is 2. The highest BCUT2D eigenvalue weighted by Crippen LogP contribution is 2.33. The van der Waals surface area contributed by atoms with E-state index in [4.69, 9.17) is 4.74 Å². The number of fused-ring (bicyclic) bond motifs is 1. The lowest BCUT2D eigenvalue weighted by molar-refractivity contribution is 0.222. The van der Waals surface area contributed by atoms with Crippen LogP contribution in [0.5, 0.6) is 5.75 Å². The number of hydrogen-bond donors (Lipinski definition) is 1. The van der Waals surface area contributed by atoms with E-state index in [0.717, 1.165) is 12.1 Å². The predicted octanol–water partition coefficient (Wildman–Crippen LogP) is 4.01. The summed E-state index contributed by atoms with van der Waals surface area (Å²) in [5.74, 6) is -4.58. The molecule has 32 heavy (non-hydrogen) atoms. The van der Waals surface area contributed by atoms with Crippen LogP contribution in [-0.2, 0) is 0 Å². The zero-order chi connectivity index (χ0) is 23.2. The molecule has 2 aromatic rings. The largest absolute Gasteiger partial charge is 0.491 e. The molecule has 7 nitrogen and oxygen atoms in total. The van der Waals surface area contributed by atoms with Crippen molar-refractivity contribution in [2.45, 2.75) is 19.9 Å². The van der Waals surface area contributed by atoms with Gasteiger partial charge in [0.25, 0.3) is 0 Å². The number of guanidine groups is 2. The Labute approximate surface area is 181 Å². The van der Waals surface area contributed by atoms with E-state index in [0.29, 0.717) is 11.3 Å². The second-order valence-corrected chi connectivity index (χ2v) is 7.25. The summed E-state index contributed by atoms with van der Waals surface area (Å²) in [6, 6.07) is 3.12. The number of rotatable bonds is 4. The lowest BCUT2D eigenvalue weighted by Crippen LogP contribution is -2.61. The SMILES string of the molecule is CCOc1cc(N=C2NC(=O)N(C)C3=NCC(c4cc(F)c(F)c(F)c4)N23)c(C)cc1F. The summed E-state index contributed by atoms with van der Waals surface area (Å²) in [6.45, 7) is 3.63. The quantitative estimate of drug-likeness (QED) is 0.567. The molecule has 168 valence electrons. The molecule has 4 rings (SSSR count). The van der Waals surface area contributed by atoms with Crippen LogP contribution in [0.4, 0.5) is 28.0 Å². The Morgan fingerprint density at radius 2 is 1.84 bits per heavy atom. The van der Waals surface area contributed by atoms with Gasteiger partial charge in [-0.25, -0.2) is 32.3 Å². The van der Waals surface area contributed by atoms with Gasteiger partial charge in [0.15, 0.2) is 29.0 Å². The number of nitrogens with one attached hydrogen (secondary N) is 1. The molecule has 11 heteroatoms. The van der Waals surface area contributed by atoms with E-state index in [9.17, 15) is 22.4 Å². The van der Waals surface area contributed by atoms with Crippen LogP contribution < -0.4 is 10.1 Å². The van der Waals surface area contributed by atoms with Gasteiger partial charge in [-0.1, -0.05) is 0 Å². The van der Waals surface area contributed by atoms with Gasteiger partial charge in [-0.05, 0) is 43.2 Å². The van der Waals surface area contributed by atoms with Crippen molar-refractivity contribution in [2.24, 2.45) is 9.98 Å². The number of nitrogens with zero attached hydrogens (tertiary/aromatic N) is 4. The van der Waals surface area contributed by atoms with Crippen molar-refractivity contribution in [1.82, 2.24) is 15.1 Å². The van der Waals surface area contributed by atoms with Crippen molar-refractivity contribution in [3.8, 4) is 5.75 Å². The van der Waals surface area contributed by atoms with Gasteiger partial charge < -0.3 is 4.74 Å². The fourth-order valence-corrected chi connectivity index (χ4v) is 3.55. The predicted molar refractivity (Wildman–Crippen MR) is 109 cm³/mol. The Bertz CT molecular complexity index is 1140. The summed E-state index contributed by atoms with van der Waals surface area (Å²) in [5.41, 5.74) is 0.902. The molecule has 0 radical (unpaired) electrons. The number of aliphatic imine (C=N–C) groups is 2. The van der Waals surface area contributed by atoms with E-state index in [1.165, 1.54) is 29.0 Å². The van der Waals surface area contributed by atoms with E-state index in [1.807, 2.05) is 0 Å². The minimum absolute atomic E-state index is 0.00811. The zero-order valence-electron chi connectivity index (χ0n) is 17.4. The summed E-state index contributed by atoms with van der Waals surface area (Å²) in [6.07, 6.45) is 0. The Hall–Kier alpha value is -3.63. The van der Waals surface area contributed by atoms with Crippen LogP contribution in [0, 0.1) is 30.2 Å². The molecule has 2 amide bonds. The number of carbonyl (C=O) groups excluding carboxylic acids is 1. The van der Waals surface area contributed by atoms with E-state index in [-0.39, 0.29) is 36.4 Å². The van der Waals surface area contributed by atoms with Crippen LogP contribution in [0.3, 0.4) is 0 Å². The minimum Gasteiger partial charge on any atom is -0.491 e. The highest BCUT2D eigenvalue weighted by molar-refractivity contribution is 6.16. The minimum atomic E-state index is -1.57. The molecular formula is C21H19F4N5O2. The summed E-state index contributed by atoms with van der Waals surface area (Å²) in [7, 11) is 1.47. The lowest BCUT2D eigenvalue weighted by Gasteiger charge is -2.36. The smallest absolute Gasteiger partial charge is 0.330 e. The molecule has 2 aromatic carbocycles. The molecule has 0 aromatic heterocycles. The number of hydrogen-bond acceptors (Lipinski definition) is 4. The third-order valence-electron chi connectivity index (χ3n) is 5.15. The number of benzene rings is 2. The van der Waals surface area contributed by atoms with Crippen molar-refractivity contribution < 1.29 is 27.1 Å². The molecule has 0 aliphatic carbocycles. The maximum atomic E-state index is 14.1. The van der Waals surface area contributed by atoms with Crippen molar-refractivity contribution in [2.75, 3.05) is 20.2 Å². The Morgan fingerprint density at radius 1 is 1.16 bits per heavy atom. The molecule has 0 bridgehead atoms. The molecule has 0 spiro atoms. The highest BCUT2D eigenvalue weighted by Gasteiger charge is 2.41. The van der Waals surface area contributed by atoms with Gasteiger partial charge in [0.05, 0.1) is 24.9 Å². The fraction of sp³-hybridized carbons (Fsp3) is 0.286. The van der Waals surface area contributed by atoms with Gasteiger partial charge in [-0.15, -0.1) is 0 Å². The third kappa shape index (κ3) is 3.63. The number of aryl methyl sites for hydroxylation is 1. The molecule has 1 saturated heterocycles. The van der Waals surface area contributed by atoms with Gasteiger partial charge >= 0.3 is 6.03 Å². The topological polar surface area (TPSA) is 69.5 Å². The fourth-order valence-electron chi connectivity index (χ4n) is 3.55. The van der Waals surface area contributed by atoms with Crippen LogP contribution in [0.25, 0.3) is 0 Å². The Morgan fingerprint density at radius 3 is 2.50 bits per heavy atom. The standard InChI is InChI=1S/C21H19F4N5O2/c1-4-32-17-8-15(10(2)5-12(17)22)27-19-28-21(31)29(3)20-26-9-16(30(19)20)11-6-13(23)18(25)14(24)7-11/h5-8,16H,4,9H2,1-3H3,(H,27,28,31). The Kier molecular flexibility index (Phi) is 5.49. The maximum Gasteiger partial charge on any atom is 0.330 e. The zero-order valence-corrected chi connectivity index (χ0v) is 17.4. The first-order valence-electron chi connectivity index (χ1n) is 9.75. The first kappa shape index (κ1) is 21.6. The van der Waals surface area contributed by atoms with E-state index >= 15 is 0 Å². The summed E-state index contributed by atoms with van der Waals surface area (Å²) in [5, 5.41) is 2.61. The van der Waals surface area contributed by atoms with E-state index in [2.05, 4.69) is 15.3 Å². The molecule has 2 heterocycles. The average molecular weight is 449 g/mol. The van der Waals surface area contributed by atoms with Gasteiger partial charge in [0.1, 0.15) is 0 Å². The average Bonchev–Trinajstić information content (AvgIpc) is 3.19. The van der Waals surface area contributed by atoms with Crippen LogP contribution in [0.1, 0.15) is 24.1 Å². The highest BCUT2D eigenvalue weighted by atomic mass is 19.2. The van der Waals surface area contributed by atoms with Gasteiger partial charge in [-0.3, -0.25) is 15.1 Å². The number of urea groups is 1. The molecule has 1 unspecified atom stereocenters. The van der Waals surface area contributed by atoms with Gasteiger partial charge in [-0.2, -0.15) is 0 Å². The van der Waals surface area contributed by atoms with Crippen molar-refractivity contribution in [3.05, 3.63) is 58.7 Å². The lowest BCUT2D eigenvalue weighted by atomic mass is 10.1. The number of halogens is 4. The molecule has 0 saturated carbocycles. The molecule has 2 aliphatic rings. The third-order valence-corrected chi connectivity index (χ3v) is 5.15. The number of carbonyl (C=O) groups is 1. The van der Waals surface area contributed by atoms with E-state index < -0.39 is 35.3 Å². The maximum absolute atomic E-state index is 14.1. The summed E-state index contributed by atoms with van der Waals surface area (Å²) < 4.78 is 60.6. The van der Waals surface area contributed by atoms with Crippen LogP contribution in [-0.4, -0.2) is 47.9 Å². The van der Waals surface area contributed by atoms with Gasteiger partial charge in [0, 0.05) is 13.1 Å². The van der Waals surface area contributed by atoms with Crippen molar-refractivity contribution >= 4 is 23.6 Å². The molecule has 1 N–H and O–H groups in total. The molecule has 1 atom stereocenters.